The molecule has 0 amide bonds. The third kappa shape index (κ3) is 5.73. The minimum absolute atomic E-state index is 0. The summed E-state index contributed by atoms with van der Waals surface area (Å²) in [5.74, 6) is -0.673. The summed E-state index contributed by atoms with van der Waals surface area (Å²) in [6.45, 7) is 2.59. The highest BCUT2D eigenvalue weighted by atomic mass is 35.5. The summed E-state index contributed by atoms with van der Waals surface area (Å²) in [5, 5.41) is 10.9. The molecule has 0 saturated carbocycles. The number of likely N-dealkylation sites (tertiary alicyclic amines) is 1. The SMILES string of the molecule is COc1ccc(-n2nnnc2C(F)(F)F)cc1C1=CC2(CCCN(Cc3ccc(Cl)c(Cl)c3)C2)OC1.Cl. The molecular weight excluding hydrogens is 554 g/mol. The van der Waals surface area contributed by atoms with E-state index in [2.05, 4.69) is 26.5 Å². The van der Waals surface area contributed by atoms with E-state index in [4.69, 9.17) is 32.7 Å². The lowest BCUT2D eigenvalue weighted by molar-refractivity contribution is -0.146. The Bertz CT molecular complexity index is 1320. The van der Waals surface area contributed by atoms with Gasteiger partial charge in [0.2, 0.25) is 0 Å². The van der Waals surface area contributed by atoms with Gasteiger partial charge >= 0.3 is 6.18 Å². The van der Waals surface area contributed by atoms with Gasteiger partial charge in [0.25, 0.3) is 5.82 Å². The van der Waals surface area contributed by atoms with Crippen LogP contribution in [-0.4, -0.2) is 57.5 Å². The largest absolute Gasteiger partial charge is 0.496 e. The van der Waals surface area contributed by atoms with E-state index in [0.717, 1.165) is 30.5 Å². The van der Waals surface area contributed by atoms with Gasteiger partial charge in [0.05, 0.1) is 29.4 Å². The van der Waals surface area contributed by atoms with Crippen molar-refractivity contribution < 1.29 is 22.6 Å². The second-order valence-electron chi connectivity index (χ2n) is 8.88. The molecule has 0 aliphatic carbocycles. The van der Waals surface area contributed by atoms with Crippen LogP contribution in [0.1, 0.15) is 29.8 Å². The highest BCUT2D eigenvalue weighted by Crippen LogP contribution is 2.40. The Labute approximate surface area is 227 Å². The monoisotopic (exact) mass is 575 g/mol. The summed E-state index contributed by atoms with van der Waals surface area (Å²) in [4.78, 5) is 2.30. The fourth-order valence-electron chi connectivity index (χ4n) is 4.80. The highest BCUT2D eigenvalue weighted by Gasteiger charge is 2.40. The molecule has 2 aliphatic heterocycles. The van der Waals surface area contributed by atoms with Crippen molar-refractivity contribution in [2.24, 2.45) is 0 Å². The zero-order chi connectivity index (χ0) is 25.5. The summed E-state index contributed by atoms with van der Waals surface area (Å²) in [6, 6.07) is 10.3. The summed E-state index contributed by atoms with van der Waals surface area (Å²) in [7, 11) is 1.52. The van der Waals surface area contributed by atoms with E-state index >= 15 is 0 Å². The minimum Gasteiger partial charge on any atom is -0.496 e. The number of ether oxygens (including phenoxy) is 2. The number of hydrogen-bond donors (Lipinski definition) is 0. The van der Waals surface area contributed by atoms with Gasteiger partial charge in [0.1, 0.15) is 11.4 Å². The Morgan fingerprint density at radius 2 is 1.95 bits per heavy atom. The molecule has 198 valence electrons. The van der Waals surface area contributed by atoms with Gasteiger partial charge in [-0.15, -0.1) is 17.5 Å². The van der Waals surface area contributed by atoms with E-state index < -0.39 is 17.6 Å². The predicted octanol–water partition coefficient (Wildman–Crippen LogP) is 5.87. The number of hydrogen-bond acceptors (Lipinski definition) is 6. The molecule has 1 spiro atoms. The van der Waals surface area contributed by atoms with Gasteiger partial charge in [0.15, 0.2) is 0 Å². The standard InChI is InChI=1S/C24H22Cl2F3N5O2.ClH/c1-35-21-6-4-17(34-22(24(27,28)29)30-31-32-34)10-18(21)16-11-23(36-13-16)7-2-8-33(14-23)12-15-3-5-19(25)20(26)9-15;/h3-6,9-11H,2,7-8,12-14H2,1H3;1H. The van der Waals surface area contributed by atoms with Crippen molar-refractivity contribution in [2.75, 3.05) is 26.8 Å². The first kappa shape index (κ1) is 27.7. The number of benzene rings is 2. The molecule has 2 aromatic carbocycles. The van der Waals surface area contributed by atoms with E-state index in [1.807, 2.05) is 12.1 Å². The normalized spacial score (nSPS) is 20.1. The topological polar surface area (TPSA) is 65.3 Å². The van der Waals surface area contributed by atoms with Crippen LogP contribution < -0.4 is 4.74 Å². The first-order valence-electron chi connectivity index (χ1n) is 11.2. The molecule has 3 aromatic rings. The second kappa shape index (κ2) is 10.8. The third-order valence-corrected chi connectivity index (χ3v) is 7.14. The van der Waals surface area contributed by atoms with Gasteiger partial charge in [-0.3, -0.25) is 4.90 Å². The number of piperidine rings is 1. The molecule has 1 atom stereocenters. The molecule has 1 unspecified atom stereocenters. The third-order valence-electron chi connectivity index (χ3n) is 6.40. The van der Waals surface area contributed by atoms with Crippen LogP contribution in [0.15, 0.2) is 42.5 Å². The lowest BCUT2D eigenvalue weighted by Crippen LogP contribution is -2.46. The van der Waals surface area contributed by atoms with Gasteiger partial charge < -0.3 is 9.47 Å². The molecule has 3 heterocycles. The molecule has 7 nitrogen and oxygen atoms in total. The molecule has 1 aromatic heterocycles. The molecule has 0 bridgehead atoms. The van der Waals surface area contributed by atoms with E-state index in [-0.39, 0.29) is 18.1 Å². The van der Waals surface area contributed by atoms with E-state index in [9.17, 15) is 13.2 Å². The lowest BCUT2D eigenvalue weighted by Gasteiger charge is -2.38. The summed E-state index contributed by atoms with van der Waals surface area (Å²) < 4.78 is 52.5. The Morgan fingerprint density at radius 1 is 1.14 bits per heavy atom. The maximum Gasteiger partial charge on any atom is 0.453 e. The van der Waals surface area contributed by atoms with Gasteiger partial charge in [-0.1, -0.05) is 29.3 Å². The number of aromatic nitrogens is 4. The van der Waals surface area contributed by atoms with Gasteiger partial charge in [-0.05, 0) is 77.4 Å². The van der Waals surface area contributed by atoms with Crippen LogP contribution in [0.5, 0.6) is 5.75 Å². The number of halogens is 6. The molecule has 0 radical (unpaired) electrons. The fraction of sp³-hybridized carbons (Fsp3) is 0.375. The number of methoxy groups -OCH3 is 1. The van der Waals surface area contributed by atoms with Crippen LogP contribution in [0.2, 0.25) is 10.0 Å². The van der Waals surface area contributed by atoms with Gasteiger partial charge in [-0.25, -0.2) is 0 Å². The van der Waals surface area contributed by atoms with Crippen molar-refractivity contribution in [3.05, 3.63) is 69.5 Å². The van der Waals surface area contributed by atoms with Crippen molar-refractivity contribution in [3.63, 3.8) is 0 Å². The zero-order valence-corrected chi connectivity index (χ0v) is 22.0. The first-order chi connectivity index (χ1) is 17.2. The Balaban J connectivity index is 0.00000320. The average molecular weight is 577 g/mol. The number of alkyl halides is 3. The second-order valence-corrected chi connectivity index (χ2v) is 9.70. The van der Waals surface area contributed by atoms with E-state index in [0.29, 0.717) is 45.7 Å². The van der Waals surface area contributed by atoms with Crippen LogP contribution >= 0.6 is 35.6 Å². The predicted molar refractivity (Wildman–Crippen MR) is 136 cm³/mol. The van der Waals surface area contributed by atoms with E-state index in [1.54, 1.807) is 18.2 Å². The van der Waals surface area contributed by atoms with Crippen molar-refractivity contribution >= 4 is 41.2 Å². The van der Waals surface area contributed by atoms with Gasteiger partial charge in [-0.2, -0.15) is 17.9 Å². The van der Waals surface area contributed by atoms with E-state index in [1.165, 1.54) is 13.2 Å². The lowest BCUT2D eigenvalue weighted by atomic mass is 9.90. The number of nitrogens with zero attached hydrogens (tertiary/aromatic N) is 5. The maximum absolute atomic E-state index is 13.3. The summed E-state index contributed by atoms with van der Waals surface area (Å²) in [6.07, 6.45) is -0.855. The van der Waals surface area contributed by atoms with Crippen LogP contribution in [-0.2, 0) is 17.5 Å². The van der Waals surface area contributed by atoms with Crippen LogP contribution in [0.4, 0.5) is 13.2 Å². The van der Waals surface area contributed by atoms with Crippen molar-refractivity contribution in [3.8, 4) is 11.4 Å². The highest BCUT2D eigenvalue weighted by molar-refractivity contribution is 6.42. The van der Waals surface area contributed by atoms with Crippen molar-refractivity contribution in [1.82, 2.24) is 25.1 Å². The number of rotatable bonds is 5. The average Bonchev–Trinajstić information content (AvgIpc) is 3.49. The molecule has 5 rings (SSSR count). The molecule has 1 fully saturated rings. The molecule has 2 aliphatic rings. The quantitative estimate of drug-likeness (QED) is 0.379. The molecular formula is C24H23Cl3F3N5O2. The van der Waals surface area contributed by atoms with Crippen LogP contribution in [0, 0.1) is 0 Å². The Hall–Kier alpha value is -2.37. The molecule has 1 saturated heterocycles. The first-order valence-corrected chi connectivity index (χ1v) is 12.0. The van der Waals surface area contributed by atoms with Crippen LogP contribution in [0.25, 0.3) is 11.3 Å². The van der Waals surface area contributed by atoms with Gasteiger partial charge in [0, 0.05) is 18.7 Å². The molecule has 0 N–H and O–H groups in total. The smallest absolute Gasteiger partial charge is 0.453 e. The Morgan fingerprint density at radius 3 is 2.68 bits per heavy atom. The molecule has 37 heavy (non-hydrogen) atoms. The zero-order valence-electron chi connectivity index (χ0n) is 19.6. The maximum atomic E-state index is 13.3. The Kier molecular flexibility index (Phi) is 8.06. The van der Waals surface area contributed by atoms with Crippen molar-refractivity contribution in [1.29, 1.82) is 0 Å². The summed E-state index contributed by atoms with van der Waals surface area (Å²) in [5.41, 5.74) is 2.20. The molecule has 13 heteroatoms. The van der Waals surface area contributed by atoms with Crippen molar-refractivity contribution in [2.45, 2.75) is 31.2 Å². The number of tetrazole rings is 1. The fourth-order valence-corrected chi connectivity index (χ4v) is 5.12. The summed E-state index contributed by atoms with van der Waals surface area (Å²) >= 11 is 12.2. The minimum atomic E-state index is -4.69. The van der Waals surface area contributed by atoms with Crippen LogP contribution in [0.3, 0.4) is 0 Å².